The number of allylic oxidation sites excluding steroid dienone is 3. The molecular weight excluding hydrogens is 924 g/mol. The second kappa shape index (κ2) is 55.7. The van der Waals surface area contributed by atoms with E-state index in [1.54, 1.807) is 6.08 Å². The Balaban J connectivity index is 4.06. The van der Waals surface area contributed by atoms with Crippen LogP contribution in [0.5, 0.6) is 0 Å². The van der Waals surface area contributed by atoms with Crippen molar-refractivity contribution in [3.8, 4) is 0 Å². The summed E-state index contributed by atoms with van der Waals surface area (Å²) < 4.78 is 23.8. The molecule has 0 aliphatic rings. The van der Waals surface area contributed by atoms with E-state index in [2.05, 4.69) is 31.3 Å². The Hall–Kier alpha value is -1.02. The zero-order chi connectivity index (χ0) is 53.5. The first-order valence-electron chi connectivity index (χ1n) is 32.2. The van der Waals surface area contributed by atoms with Crippen molar-refractivity contribution in [1.29, 1.82) is 0 Å². The number of hydrogen-bond donors (Lipinski definition) is 3. The van der Waals surface area contributed by atoms with Gasteiger partial charge in [0.1, 0.15) is 13.2 Å². The number of phosphoric ester groups is 1. The van der Waals surface area contributed by atoms with Gasteiger partial charge in [-0.2, -0.15) is 0 Å². The molecule has 0 radical (unpaired) electrons. The van der Waals surface area contributed by atoms with Gasteiger partial charge < -0.3 is 19.8 Å². The molecule has 8 nitrogen and oxygen atoms in total. The first-order valence-corrected chi connectivity index (χ1v) is 33.7. The van der Waals surface area contributed by atoms with Gasteiger partial charge in [-0.15, -0.1) is 0 Å². The van der Waals surface area contributed by atoms with Gasteiger partial charge >= 0.3 is 7.82 Å². The third kappa shape index (κ3) is 58.5. The van der Waals surface area contributed by atoms with Gasteiger partial charge in [0.2, 0.25) is 5.91 Å². The molecule has 0 saturated carbocycles. The predicted octanol–water partition coefficient (Wildman–Crippen LogP) is 19.9. The number of aliphatic hydroxyl groups is 1. The van der Waals surface area contributed by atoms with E-state index in [4.69, 9.17) is 9.05 Å². The van der Waals surface area contributed by atoms with Crippen LogP contribution in [0.4, 0.5) is 0 Å². The Morgan fingerprint density at radius 3 is 1.05 bits per heavy atom. The zero-order valence-corrected chi connectivity index (χ0v) is 50.5. The molecule has 0 aromatic rings. The molecule has 0 aliphatic heterocycles. The number of hydrogen-bond acceptors (Lipinski definition) is 5. The number of rotatable bonds is 60. The van der Waals surface area contributed by atoms with Gasteiger partial charge in [0.05, 0.1) is 39.9 Å². The van der Waals surface area contributed by atoms with Gasteiger partial charge in [0.15, 0.2) is 0 Å². The molecule has 73 heavy (non-hydrogen) atoms. The van der Waals surface area contributed by atoms with E-state index >= 15 is 0 Å². The highest BCUT2D eigenvalue weighted by Crippen LogP contribution is 2.43. The molecule has 434 valence electrons. The van der Waals surface area contributed by atoms with Gasteiger partial charge in [-0.3, -0.25) is 13.8 Å². The van der Waals surface area contributed by atoms with E-state index in [1.807, 2.05) is 27.2 Å². The molecule has 0 aromatic heterocycles. The molecule has 0 bridgehead atoms. The molecule has 3 unspecified atom stereocenters. The first kappa shape index (κ1) is 72.0. The van der Waals surface area contributed by atoms with Crippen molar-refractivity contribution in [2.24, 2.45) is 0 Å². The second-order valence-corrected chi connectivity index (χ2v) is 24.9. The average molecular weight is 1050 g/mol. The van der Waals surface area contributed by atoms with Crippen LogP contribution in [0.3, 0.4) is 0 Å². The maximum Gasteiger partial charge on any atom is 0.472 e. The monoisotopic (exact) mass is 1050 g/mol. The van der Waals surface area contributed by atoms with Crippen LogP contribution in [0.1, 0.15) is 328 Å². The van der Waals surface area contributed by atoms with Gasteiger partial charge in [-0.1, -0.05) is 301 Å². The van der Waals surface area contributed by atoms with Crippen LogP contribution in [-0.4, -0.2) is 73.4 Å². The highest BCUT2D eigenvalue weighted by atomic mass is 31.2. The van der Waals surface area contributed by atoms with E-state index in [-0.39, 0.29) is 19.1 Å². The standard InChI is InChI=1S/C64H127N2O6P/c1-6-8-10-12-14-16-18-20-22-24-26-27-28-29-30-31-32-33-34-35-36-37-38-40-41-43-45-47-49-51-53-55-57-63(67)62(61-72-73(69,70)71-60-59-66(3,4)5)65-64(68)58-56-54-52-50-48-46-44-42-39-25-23-21-19-17-15-13-11-9-7-2/h21,23,55,57,62-63,67H,6-20,22,24-54,56,58-61H2,1-5H3,(H-,65,68,69,70)/p+1/b23-21-,57-55+. The van der Waals surface area contributed by atoms with Crippen LogP contribution < -0.4 is 5.32 Å². The Morgan fingerprint density at radius 1 is 0.452 bits per heavy atom. The Labute approximate surface area is 455 Å². The fourth-order valence-corrected chi connectivity index (χ4v) is 10.6. The molecule has 3 N–H and O–H groups in total. The number of carbonyl (C=O) groups excluding carboxylic acids is 1. The minimum Gasteiger partial charge on any atom is -0.387 e. The van der Waals surface area contributed by atoms with Gasteiger partial charge in [-0.25, -0.2) is 4.57 Å². The molecule has 0 heterocycles. The molecule has 0 saturated heterocycles. The fraction of sp³-hybridized carbons (Fsp3) is 0.922. The molecule has 0 aromatic carbocycles. The second-order valence-electron chi connectivity index (χ2n) is 23.5. The Bertz CT molecular complexity index is 1240. The summed E-state index contributed by atoms with van der Waals surface area (Å²) >= 11 is 0. The summed E-state index contributed by atoms with van der Waals surface area (Å²) in [6.07, 6.45) is 71.6. The van der Waals surface area contributed by atoms with Crippen LogP contribution in [0, 0.1) is 0 Å². The number of unbranched alkanes of at least 4 members (excludes halogenated alkanes) is 45. The Kier molecular flexibility index (Phi) is 54.9. The van der Waals surface area contributed by atoms with E-state index in [9.17, 15) is 19.4 Å². The lowest BCUT2D eigenvalue weighted by molar-refractivity contribution is -0.870. The van der Waals surface area contributed by atoms with Crippen molar-refractivity contribution in [3.05, 3.63) is 24.3 Å². The lowest BCUT2D eigenvalue weighted by Gasteiger charge is -2.25. The van der Waals surface area contributed by atoms with Crippen molar-refractivity contribution >= 4 is 13.7 Å². The van der Waals surface area contributed by atoms with Gasteiger partial charge in [0, 0.05) is 6.42 Å². The van der Waals surface area contributed by atoms with E-state index < -0.39 is 20.0 Å². The van der Waals surface area contributed by atoms with E-state index in [0.717, 1.165) is 32.1 Å². The van der Waals surface area contributed by atoms with Crippen molar-refractivity contribution in [2.45, 2.75) is 341 Å². The van der Waals surface area contributed by atoms with Crippen LogP contribution in [0.25, 0.3) is 0 Å². The normalized spacial score (nSPS) is 13.9. The highest BCUT2D eigenvalue weighted by molar-refractivity contribution is 7.47. The summed E-state index contributed by atoms with van der Waals surface area (Å²) in [7, 11) is 1.58. The third-order valence-corrected chi connectivity index (χ3v) is 15.9. The highest BCUT2D eigenvalue weighted by Gasteiger charge is 2.28. The maximum atomic E-state index is 13.0. The number of likely N-dealkylation sites (N-methyl/N-ethyl adjacent to an activating group) is 1. The molecular formula is C64H128N2O6P+. The average Bonchev–Trinajstić information content (AvgIpc) is 3.35. The van der Waals surface area contributed by atoms with Crippen molar-refractivity contribution in [3.63, 3.8) is 0 Å². The topological polar surface area (TPSA) is 105 Å². The van der Waals surface area contributed by atoms with Crippen molar-refractivity contribution in [2.75, 3.05) is 40.9 Å². The number of amides is 1. The molecule has 0 aliphatic carbocycles. The Morgan fingerprint density at radius 2 is 0.740 bits per heavy atom. The van der Waals surface area contributed by atoms with Crippen LogP contribution in [-0.2, 0) is 18.4 Å². The molecule has 1 amide bonds. The lowest BCUT2D eigenvalue weighted by Crippen LogP contribution is -2.45. The number of phosphoric acid groups is 1. The zero-order valence-electron chi connectivity index (χ0n) is 49.7. The number of carbonyl (C=O) groups is 1. The van der Waals surface area contributed by atoms with E-state index in [0.29, 0.717) is 17.4 Å². The lowest BCUT2D eigenvalue weighted by atomic mass is 10.0. The van der Waals surface area contributed by atoms with E-state index in [1.165, 1.54) is 276 Å². The summed E-state index contributed by atoms with van der Waals surface area (Å²) in [5.41, 5.74) is 0. The minimum atomic E-state index is -4.35. The van der Waals surface area contributed by atoms with Crippen LogP contribution in [0.15, 0.2) is 24.3 Å². The van der Waals surface area contributed by atoms with Gasteiger partial charge in [-0.05, 0) is 44.9 Å². The molecule has 0 fully saturated rings. The summed E-state index contributed by atoms with van der Waals surface area (Å²) in [4.78, 5) is 23.3. The molecule has 0 spiro atoms. The van der Waals surface area contributed by atoms with Crippen LogP contribution >= 0.6 is 7.82 Å². The molecule has 9 heteroatoms. The summed E-state index contributed by atoms with van der Waals surface area (Å²) in [5, 5.41) is 14.0. The smallest absolute Gasteiger partial charge is 0.387 e. The van der Waals surface area contributed by atoms with Crippen molar-refractivity contribution < 1.29 is 32.9 Å². The molecule has 0 rings (SSSR count). The van der Waals surface area contributed by atoms with Crippen molar-refractivity contribution in [1.82, 2.24) is 5.32 Å². The van der Waals surface area contributed by atoms with Crippen LogP contribution in [0.2, 0.25) is 0 Å². The summed E-state index contributed by atoms with van der Waals surface area (Å²) in [6.45, 7) is 4.86. The number of quaternary nitrogens is 1. The number of nitrogens with zero attached hydrogens (tertiary/aromatic N) is 1. The number of aliphatic hydroxyl groups excluding tert-OH is 1. The minimum absolute atomic E-state index is 0.0630. The first-order chi connectivity index (χ1) is 35.5. The quantitative estimate of drug-likeness (QED) is 0.0243. The van der Waals surface area contributed by atoms with Gasteiger partial charge in [0.25, 0.3) is 0 Å². The third-order valence-electron chi connectivity index (χ3n) is 14.9. The predicted molar refractivity (Wildman–Crippen MR) is 318 cm³/mol. The summed E-state index contributed by atoms with van der Waals surface area (Å²) in [6, 6.07) is -0.847. The fourth-order valence-electron chi connectivity index (χ4n) is 9.86. The largest absolute Gasteiger partial charge is 0.472 e. The SMILES string of the molecule is CCCCCCCC/C=C\CCCCCCCCCCCC(=O)NC(COP(=O)(O)OCC[N+](C)(C)C)C(O)/C=C/CCCCCCCCCCCCCCCCCCCCCCCCCCCCCCCC. The summed E-state index contributed by atoms with van der Waals surface area (Å²) in [5.74, 6) is -0.174. The number of nitrogens with one attached hydrogen (secondary N) is 1. The molecule has 3 atom stereocenters. The maximum absolute atomic E-state index is 13.0.